The molecule has 0 saturated heterocycles. The Labute approximate surface area is 79.7 Å². The van der Waals surface area contributed by atoms with Crippen molar-refractivity contribution in [1.29, 1.82) is 0 Å². The fourth-order valence-electron chi connectivity index (χ4n) is 1.17. The van der Waals surface area contributed by atoms with Crippen molar-refractivity contribution in [2.24, 2.45) is 12.8 Å². The fourth-order valence-corrected chi connectivity index (χ4v) is 1.17. The summed E-state index contributed by atoms with van der Waals surface area (Å²) in [5.74, 6) is 0. The van der Waals surface area contributed by atoms with E-state index in [1.165, 1.54) is 11.7 Å². The average molecular weight is 207 g/mol. The van der Waals surface area contributed by atoms with Crippen LogP contribution in [0.15, 0.2) is 6.07 Å². The molecular weight excluding hydrogens is 195 g/mol. The molecule has 6 heteroatoms. The lowest BCUT2D eigenvalue weighted by Gasteiger charge is -2.03. The lowest BCUT2D eigenvalue weighted by molar-refractivity contribution is -0.141. The molecule has 2 N–H and O–H groups in total. The predicted octanol–water partition coefficient (Wildman–Crippen LogP) is 1.33. The van der Waals surface area contributed by atoms with E-state index in [4.69, 9.17) is 5.73 Å². The van der Waals surface area contributed by atoms with Crippen LogP contribution in [0.2, 0.25) is 0 Å². The molecule has 0 fully saturated rings. The third-order valence-corrected chi connectivity index (χ3v) is 1.80. The molecular formula is C8H12F3N3. The number of halogens is 3. The average Bonchev–Trinajstić information content (AvgIpc) is 2.30. The number of rotatable bonds is 2. The van der Waals surface area contributed by atoms with E-state index in [0.29, 0.717) is 12.1 Å². The molecule has 0 aliphatic heterocycles. The quantitative estimate of drug-likeness (QED) is 0.795. The smallest absolute Gasteiger partial charge is 0.328 e. The molecule has 0 unspecified atom stereocenters. The van der Waals surface area contributed by atoms with Crippen molar-refractivity contribution in [3.63, 3.8) is 0 Å². The normalized spacial score (nSPS) is 14.4. The molecule has 14 heavy (non-hydrogen) atoms. The molecule has 80 valence electrons. The van der Waals surface area contributed by atoms with Crippen LogP contribution in [0.1, 0.15) is 18.3 Å². The van der Waals surface area contributed by atoms with Crippen LogP contribution in [0.3, 0.4) is 0 Å². The lowest BCUT2D eigenvalue weighted by Crippen LogP contribution is -2.19. The summed E-state index contributed by atoms with van der Waals surface area (Å²) in [4.78, 5) is 0. The zero-order chi connectivity index (χ0) is 10.9. The summed E-state index contributed by atoms with van der Waals surface area (Å²) < 4.78 is 37.8. The van der Waals surface area contributed by atoms with Crippen LogP contribution in [-0.4, -0.2) is 15.8 Å². The molecule has 1 aromatic rings. The van der Waals surface area contributed by atoms with Gasteiger partial charge in [-0.1, -0.05) is 0 Å². The minimum absolute atomic E-state index is 0.175. The van der Waals surface area contributed by atoms with Gasteiger partial charge in [0.25, 0.3) is 0 Å². The maximum atomic E-state index is 12.2. The zero-order valence-electron chi connectivity index (χ0n) is 7.97. The number of alkyl halides is 3. The van der Waals surface area contributed by atoms with Gasteiger partial charge in [-0.05, 0) is 13.0 Å². The van der Waals surface area contributed by atoms with Crippen LogP contribution in [0.4, 0.5) is 13.2 Å². The van der Waals surface area contributed by atoms with Crippen molar-refractivity contribution in [2.75, 3.05) is 0 Å². The molecule has 0 radical (unpaired) electrons. The second kappa shape index (κ2) is 3.61. The van der Waals surface area contributed by atoms with Gasteiger partial charge in [-0.2, -0.15) is 18.3 Å². The first kappa shape index (κ1) is 11.0. The largest absolute Gasteiger partial charge is 0.435 e. The first-order valence-electron chi connectivity index (χ1n) is 4.16. The molecule has 1 aromatic heterocycles. The first-order valence-corrected chi connectivity index (χ1v) is 4.16. The highest BCUT2D eigenvalue weighted by Gasteiger charge is 2.34. The van der Waals surface area contributed by atoms with Gasteiger partial charge in [0.05, 0.1) is 0 Å². The first-order chi connectivity index (χ1) is 6.30. The number of nitrogens with zero attached hydrogens (tertiary/aromatic N) is 2. The Morgan fingerprint density at radius 3 is 2.50 bits per heavy atom. The van der Waals surface area contributed by atoms with Crippen LogP contribution in [0, 0.1) is 0 Å². The van der Waals surface area contributed by atoms with Gasteiger partial charge in [-0.3, -0.25) is 4.68 Å². The van der Waals surface area contributed by atoms with Gasteiger partial charge in [0.15, 0.2) is 5.69 Å². The van der Waals surface area contributed by atoms with Crippen LogP contribution in [0.25, 0.3) is 0 Å². The summed E-state index contributed by atoms with van der Waals surface area (Å²) in [6.07, 6.45) is -3.99. The van der Waals surface area contributed by atoms with Crippen molar-refractivity contribution in [3.8, 4) is 0 Å². The minimum atomic E-state index is -4.38. The van der Waals surface area contributed by atoms with Gasteiger partial charge in [0.2, 0.25) is 0 Å². The second-order valence-electron chi connectivity index (χ2n) is 3.32. The van der Waals surface area contributed by atoms with Crippen LogP contribution >= 0.6 is 0 Å². The molecule has 0 aromatic carbocycles. The van der Waals surface area contributed by atoms with Gasteiger partial charge in [0.1, 0.15) is 0 Å². The Hall–Kier alpha value is -1.04. The number of aryl methyl sites for hydroxylation is 1. The monoisotopic (exact) mass is 207 g/mol. The zero-order valence-corrected chi connectivity index (χ0v) is 7.97. The van der Waals surface area contributed by atoms with E-state index in [2.05, 4.69) is 5.10 Å². The van der Waals surface area contributed by atoms with Gasteiger partial charge in [-0.15, -0.1) is 0 Å². The van der Waals surface area contributed by atoms with E-state index in [1.54, 1.807) is 6.92 Å². The molecule has 0 spiro atoms. The van der Waals surface area contributed by atoms with Crippen molar-refractivity contribution in [3.05, 3.63) is 17.5 Å². The summed E-state index contributed by atoms with van der Waals surface area (Å²) in [5, 5.41) is 3.37. The highest BCUT2D eigenvalue weighted by atomic mass is 19.4. The third kappa shape index (κ3) is 2.47. The van der Waals surface area contributed by atoms with Crippen molar-refractivity contribution in [2.45, 2.75) is 25.6 Å². The summed E-state index contributed by atoms with van der Waals surface area (Å²) in [5.41, 5.74) is 5.12. The van der Waals surface area contributed by atoms with E-state index in [9.17, 15) is 13.2 Å². The molecule has 0 saturated carbocycles. The topological polar surface area (TPSA) is 43.8 Å². The van der Waals surface area contributed by atoms with Gasteiger partial charge in [-0.25, -0.2) is 0 Å². The number of nitrogens with two attached hydrogens (primary N) is 1. The molecule has 0 bridgehead atoms. The van der Waals surface area contributed by atoms with Crippen LogP contribution in [-0.2, 0) is 19.6 Å². The molecule has 3 nitrogen and oxygen atoms in total. The Kier molecular flexibility index (Phi) is 2.84. The number of hydrogen-bond donors (Lipinski definition) is 1. The van der Waals surface area contributed by atoms with Gasteiger partial charge in [0, 0.05) is 25.2 Å². The Bertz CT molecular complexity index is 314. The Morgan fingerprint density at radius 1 is 1.57 bits per heavy atom. The van der Waals surface area contributed by atoms with Crippen LogP contribution in [0.5, 0.6) is 0 Å². The predicted molar refractivity (Wildman–Crippen MR) is 45.6 cm³/mol. The fraction of sp³-hybridized carbons (Fsp3) is 0.625. The maximum Gasteiger partial charge on any atom is 0.435 e. The molecule has 0 aliphatic carbocycles. The van der Waals surface area contributed by atoms with Gasteiger partial charge < -0.3 is 5.73 Å². The summed E-state index contributed by atoms with van der Waals surface area (Å²) >= 11 is 0. The Morgan fingerprint density at radius 2 is 2.14 bits per heavy atom. The highest BCUT2D eigenvalue weighted by Crippen LogP contribution is 2.28. The Balaban J connectivity index is 2.94. The van der Waals surface area contributed by atoms with Crippen molar-refractivity contribution in [1.82, 2.24) is 9.78 Å². The third-order valence-electron chi connectivity index (χ3n) is 1.80. The van der Waals surface area contributed by atoms with E-state index < -0.39 is 11.9 Å². The summed E-state index contributed by atoms with van der Waals surface area (Å²) in [6, 6.07) is 0.857. The minimum Gasteiger partial charge on any atom is -0.328 e. The second-order valence-corrected chi connectivity index (χ2v) is 3.32. The summed E-state index contributed by atoms with van der Waals surface area (Å²) in [6.45, 7) is 1.74. The number of hydrogen-bond acceptors (Lipinski definition) is 2. The standard InChI is InChI=1S/C8H12F3N3/c1-5(12)3-6-4-7(8(9,10)11)13-14(6)2/h4-5H,3,12H2,1-2H3/t5-/m0/s1. The van der Waals surface area contributed by atoms with Crippen LogP contribution < -0.4 is 5.73 Å². The molecule has 1 rings (SSSR count). The molecule has 1 atom stereocenters. The molecule has 1 heterocycles. The number of aromatic nitrogens is 2. The van der Waals surface area contributed by atoms with E-state index >= 15 is 0 Å². The van der Waals surface area contributed by atoms with E-state index in [-0.39, 0.29) is 6.04 Å². The molecule has 0 aliphatic rings. The highest BCUT2D eigenvalue weighted by molar-refractivity contribution is 5.13. The lowest BCUT2D eigenvalue weighted by atomic mass is 10.2. The van der Waals surface area contributed by atoms with E-state index in [0.717, 1.165) is 6.07 Å². The van der Waals surface area contributed by atoms with Crippen molar-refractivity contribution >= 4 is 0 Å². The van der Waals surface area contributed by atoms with E-state index in [1.807, 2.05) is 0 Å². The van der Waals surface area contributed by atoms with Crippen molar-refractivity contribution < 1.29 is 13.2 Å². The van der Waals surface area contributed by atoms with Gasteiger partial charge >= 0.3 is 6.18 Å². The maximum absolute atomic E-state index is 12.2. The molecule has 0 amide bonds. The SMILES string of the molecule is C[C@H](N)Cc1cc(C(F)(F)F)nn1C. The summed E-state index contributed by atoms with van der Waals surface area (Å²) in [7, 11) is 1.48.